The van der Waals surface area contributed by atoms with Crippen LogP contribution in [0.4, 0.5) is 0 Å². The molecule has 1 rings (SSSR count). The summed E-state index contributed by atoms with van der Waals surface area (Å²) >= 11 is 0. The molecule has 0 amide bonds. The average Bonchev–Trinajstić information content (AvgIpc) is 2.21. The molecule has 1 heterocycles. The van der Waals surface area contributed by atoms with Crippen LogP contribution in [0.25, 0.3) is 0 Å². The zero-order valence-corrected chi connectivity index (χ0v) is 10.4. The molecule has 15 heavy (non-hydrogen) atoms. The normalized spacial score (nSPS) is 32.2. The Labute approximate surface area is 92.4 Å². The molecule has 3 atom stereocenters. The lowest BCUT2D eigenvalue weighted by Crippen LogP contribution is -2.38. The van der Waals surface area contributed by atoms with Crippen LogP contribution in [0.1, 0.15) is 20.8 Å². The van der Waals surface area contributed by atoms with Crippen molar-refractivity contribution < 1.29 is 14.2 Å². The lowest BCUT2D eigenvalue weighted by Gasteiger charge is -2.36. The van der Waals surface area contributed by atoms with E-state index >= 15 is 0 Å². The molecule has 0 N–H and O–H groups in total. The Balaban J connectivity index is 2.80. The average molecular weight is 214 g/mol. The Morgan fingerprint density at radius 3 is 2.20 bits per heavy atom. The summed E-state index contributed by atoms with van der Waals surface area (Å²) in [7, 11) is 3.44. The zero-order chi connectivity index (χ0) is 11.4. The van der Waals surface area contributed by atoms with Crippen molar-refractivity contribution in [1.29, 1.82) is 0 Å². The lowest BCUT2D eigenvalue weighted by molar-refractivity contribution is -0.0642. The van der Waals surface area contributed by atoms with E-state index in [1.54, 1.807) is 14.2 Å². The van der Waals surface area contributed by atoms with Crippen LogP contribution >= 0.6 is 0 Å². The summed E-state index contributed by atoms with van der Waals surface area (Å²) in [6.07, 6.45) is 0.312. The van der Waals surface area contributed by atoms with Crippen LogP contribution in [-0.2, 0) is 14.2 Å². The van der Waals surface area contributed by atoms with Crippen molar-refractivity contribution in [1.82, 2.24) is 0 Å². The molecule has 0 saturated heterocycles. The summed E-state index contributed by atoms with van der Waals surface area (Å²) in [5.41, 5.74) is 2.68. The largest absolute Gasteiger partial charge is 0.384 e. The first-order valence-corrected chi connectivity index (χ1v) is 5.42. The first kappa shape index (κ1) is 12.7. The van der Waals surface area contributed by atoms with Gasteiger partial charge in [0.05, 0.1) is 19.3 Å². The Morgan fingerprint density at radius 2 is 1.67 bits per heavy atom. The maximum absolute atomic E-state index is 5.91. The zero-order valence-electron chi connectivity index (χ0n) is 10.4. The first-order chi connectivity index (χ1) is 7.11. The van der Waals surface area contributed by atoms with Gasteiger partial charge in [-0.2, -0.15) is 0 Å². The van der Waals surface area contributed by atoms with Gasteiger partial charge in [-0.3, -0.25) is 0 Å². The molecule has 0 aromatic rings. The van der Waals surface area contributed by atoms with Crippen LogP contribution in [0.3, 0.4) is 0 Å². The third-order valence-electron chi connectivity index (χ3n) is 3.27. The van der Waals surface area contributed by atoms with Gasteiger partial charge in [-0.25, -0.2) is 0 Å². The van der Waals surface area contributed by atoms with Crippen LogP contribution in [0.15, 0.2) is 11.1 Å². The summed E-state index contributed by atoms with van der Waals surface area (Å²) in [5.74, 6) is 0.378. The molecular formula is C12H22O3. The minimum atomic E-state index is 0.109. The van der Waals surface area contributed by atoms with Gasteiger partial charge in [0.2, 0.25) is 0 Å². The third kappa shape index (κ3) is 2.80. The van der Waals surface area contributed by atoms with Crippen molar-refractivity contribution in [3.05, 3.63) is 11.1 Å². The summed E-state index contributed by atoms with van der Waals surface area (Å²) in [6.45, 7) is 7.74. The number of hydrogen-bond acceptors (Lipinski definition) is 3. The van der Waals surface area contributed by atoms with Crippen LogP contribution in [0.5, 0.6) is 0 Å². The molecular weight excluding hydrogens is 192 g/mol. The number of ether oxygens (including phenoxy) is 3. The molecule has 0 saturated carbocycles. The van der Waals surface area contributed by atoms with Crippen molar-refractivity contribution in [2.24, 2.45) is 5.92 Å². The first-order valence-electron chi connectivity index (χ1n) is 5.42. The highest BCUT2D eigenvalue weighted by Gasteiger charge is 2.31. The van der Waals surface area contributed by atoms with Crippen molar-refractivity contribution in [2.45, 2.75) is 33.0 Å². The SMILES string of the molecule is COC[C@H]1OC(C)[C@@H](COC)C(C)=C1C. The van der Waals surface area contributed by atoms with Gasteiger partial charge in [0, 0.05) is 20.1 Å². The fourth-order valence-corrected chi connectivity index (χ4v) is 2.11. The molecule has 0 radical (unpaired) electrons. The lowest BCUT2D eigenvalue weighted by atomic mass is 9.87. The maximum Gasteiger partial charge on any atom is 0.102 e. The molecule has 0 spiro atoms. The van der Waals surface area contributed by atoms with Gasteiger partial charge in [-0.15, -0.1) is 0 Å². The number of rotatable bonds is 4. The van der Waals surface area contributed by atoms with Gasteiger partial charge in [-0.1, -0.05) is 5.57 Å². The van der Waals surface area contributed by atoms with Crippen molar-refractivity contribution in [3.63, 3.8) is 0 Å². The molecule has 3 heteroatoms. The van der Waals surface area contributed by atoms with Crippen molar-refractivity contribution >= 4 is 0 Å². The summed E-state index contributed by atoms with van der Waals surface area (Å²) in [5, 5.41) is 0. The highest BCUT2D eigenvalue weighted by molar-refractivity contribution is 5.21. The molecule has 0 aliphatic carbocycles. The Hall–Kier alpha value is -0.380. The number of methoxy groups -OCH3 is 2. The van der Waals surface area contributed by atoms with Crippen molar-refractivity contribution in [2.75, 3.05) is 27.4 Å². The topological polar surface area (TPSA) is 27.7 Å². The Bertz CT molecular complexity index is 235. The predicted molar refractivity (Wildman–Crippen MR) is 60.0 cm³/mol. The van der Waals surface area contributed by atoms with Gasteiger partial charge in [0.25, 0.3) is 0 Å². The van der Waals surface area contributed by atoms with Crippen molar-refractivity contribution in [3.8, 4) is 0 Å². The highest BCUT2D eigenvalue weighted by Crippen LogP contribution is 2.30. The standard InChI is InChI=1S/C12H22O3/c1-8-9(2)12(7-14-5)15-10(3)11(8)6-13-4/h10-12H,6-7H2,1-5H3/t10?,11-,12+/m0/s1. The van der Waals surface area contributed by atoms with Gasteiger partial charge < -0.3 is 14.2 Å². The van der Waals surface area contributed by atoms with E-state index in [0.29, 0.717) is 12.5 Å². The minimum Gasteiger partial charge on any atom is -0.384 e. The molecule has 1 aliphatic heterocycles. The molecule has 3 nitrogen and oxygen atoms in total. The van der Waals surface area contributed by atoms with E-state index in [0.717, 1.165) is 6.61 Å². The molecule has 88 valence electrons. The van der Waals surface area contributed by atoms with E-state index in [-0.39, 0.29) is 12.2 Å². The van der Waals surface area contributed by atoms with Crippen LogP contribution in [0, 0.1) is 5.92 Å². The van der Waals surface area contributed by atoms with Gasteiger partial charge in [0.1, 0.15) is 6.10 Å². The van der Waals surface area contributed by atoms with E-state index in [1.165, 1.54) is 11.1 Å². The summed E-state index contributed by atoms with van der Waals surface area (Å²) in [4.78, 5) is 0. The van der Waals surface area contributed by atoms with Gasteiger partial charge in [0.15, 0.2) is 0 Å². The fraction of sp³-hybridized carbons (Fsp3) is 0.833. The van der Waals surface area contributed by atoms with E-state index in [4.69, 9.17) is 14.2 Å². The van der Waals surface area contributed by atoms with Crippen LogP contribution < -0.4 is 0 Å². The highest BCUT2D eigenvalue weighted by atomic mass is 16.5. The predicted octanol–water partition coefficient (Wildman–Crippen LogP) is 2.02. The van der Waals surface area contributed by atoms with Gasteiger partial charge >= 0.3 is 0 Å². The van der Waals surface area contributed by atoms with E-state index in [9.17, 15) is 0 Å². The maximum atomic E-state index is 5.91. The van der Waals surface area contributed by atoms with E-state index in [2.05, 4.69) is 20.8 Å². The molecule has 0 fully saturated rings. The van der Waals surface area contributed by atoms with E-state index in [1.807, 2.05) is 0 Å². The van der Waals surface area contributed by atoms with Crippen LogP contribution in [0.2, 0.25) is 0 Å². The second kappa shape index (κ2) is 5.64. The third-order valence-corrected chi connectivity index (χ3v) is 3.27. The van der Waals surface area contributed by atoms with Gasteiger partial charge in [-0.05, 0) is 26.3 Å². The van der Waals surface area contributed by atoms with Crippen LogP contribution in [-0.4, -0.2) is 39.6 Å². The smallest absolute Gasteiger partial charge is 0.102 e. The fourth-order valence-electron chi connectivity index (χ4n) is 2.11. The Kier molecular flexibility index (Phi) is 4.77. The Morgan fingerprint density at radius 1 is 1.07 bits per heavy atom. The second-order valence-electron chi connectivity index (χ2n) is 4.21. The summed E-state index contributed by atoms with van der Waals surface area (Å²) < 4.78 is 16.3. The monoisotopic (exact) mass is 214 g/mol. The molecule has 0 aromatic heterocycles. The molecule has 0 aromatic carbocycles. The quantitative estimate of drug-likeness (QED) is 0.670. The number of hydrogen-bond donors (Lipinski definition) is 0. The van der Waals surface area contributed by atoms with E-state index < -0.39 is 0 Å². The molecule has 0 bridgehead atoms. The molecule has 1 aliphatic rings. The minimum absolute atomic E-state index is 0.109. The second-order valence-corrected chi connectivity index (χ2v) is 4.21. The molecule has 1 unspecified atom stereocenters. The summed E-state index contributed by atoms with van der Waals surface area (Å²) in [6, 6.07) is 0.